The summed E-state index contributed by atoms with van der Waals surface area (Å²) in [6.45, 7) is 5.21. The summed E-state index contributed by atoms with van der Waals surface area (Å²) in [5.41, 5.74) is 4.84. The van der Waals surface area contributed by atoms with Gasteiger partial charge < -0.3 is 5.32 Å². The van der Waals surface area contributed by atoms with Gasteiger partial charge >= 0.3 is 0 Å². The van der Waals surface area contributed by atoms with Gasteiger partial charge in [-0.05, 0) is 66.4 Å². The second-order valence-corrected chi connectivity index (χ2v) is 6.60. The minimum absolute atomic E-state index is 0.644. The number of anilines is 1. The molecule has 3 heteroatoms. The van der Waals surface area contributed by atoms with Crippen LogP contribution >= 0.6 is 15.9 Å². The second kappa shape index (κ2) is 5.72. The van der Waals surface area contributed by atoms with Crippen LogP contribution in [0.15, 0.2) is 22.7 Å². The lowest BCUT2D eigenvalue weighted by Crippen LogP contribution is -2.03. The number of aromatic nitrogens is 1. The molecule has 0 saturated heterocycles. The SMILES string of the molecule is CCNc1cc(C2CCCC2)nc2c(Br)cc(C)cc12. The Morgan fingerprint density at radius 2 is 2.00 bits per heavy atom. The van der Waals surface area contributed by atoms with Crippen LogP contribution in [0.2, 0.25) is 0 Å². The minimum atomic E-state index is 0.644. The van der Waals surface area contributed by atoms with Crippen molar-refractivity contribution >= 4 is 32.5 Å². The Labute approximate surface area is 129 Å². The molecule has 0 amide bonds. The highest BCUT2D eigenvalue weighted by atomic mass is 79.9. The van der Waals surface area contributed by atoms with Crippen molar-refractivity contribution in [3.05, 3.63) is 33.9 Å². The van der Waals surface area contributed by atoms with E-state index in [4.69, 9.17) is 4.98 Å². The Bertz CT molecular complexity index is 630. The number of pyridine rings is 1. The largest absolute Gasteiger partial charge is 0.385 e. The molecule has 1 heterocycles. The Hall–Kier alpha value is -1.09. The van der Waals surface area contributed by atoms with Crippen LogP contribution in [-0.4, -0.2) is 11.5 Å². The van der Waals surface area contributed by atoms with Gasteiger partial charge in [-0.3, -0.25) is 4.98 Å². The summed E-state index contributed by atoms with van der Waals surface area (Å²) in [6.07, 6.45) is 5.26. The van der Waals surface area contributed by atoms with Crippen molar-refractivity contribution in [2.45, 2.75) is 45.4 Å². The van der Waals surface area contributed by atoms with Gasteiger partial charge in [0.25, 0.3) is 0 Å². The van der Waals surface area contributed by atoms with Crippen molar-refractivity contribution < 1.29 is 0 Å². The molecule has 0 aliphatic heterocycles. The van der Waals surface area contributed by atoms with E-state index < -0.39 is 0 Å². The summed E-state index contributed by atoms with van der Waals surface area (Å²) in [5, 5.41) is 4.73. The molecule has 1 aliphatic carbocycles. The standard InChI is InChI=1S/C17H21BrN2/c1-3-19-16-10-15(12-6-4-5-7-12)20-17-13(16)8-11(2)9-14(17)18/h8-10,12H,3-7H2,1-2H3,(H,19,20). The van der Waals surface area contributed by atoms with E-state index >= 15 is 0 Å². The predicted molar refractivity (Wildman–Crippen MR) is 89.6 cm³/mol. The zero-order valence-electron chi connectivity index (χ0n) is 12.2. The topological polar surface area (TPSA) is 24.9 Å². The highest BCUT2D eigenvalue weighted by Gasteiger charge is 2.20. The van der Waals surface area contributed by atoms with Crippen molar-refractivity contribution in [2.24, 2.45) is 0 Å². The highest BCUT2D eigenvalue weighted by Crippen LogP contribution is 2.37. The van der Waals surface area contributed by atoms with E-state index in [0.717, 1.165) is 16.5 Å². The van der Waals surface area contributed by atoms with E-state index in [1.807, 2.05) is 0 Å². The molecular formula is C17H21BrN2. The lowest BCUT2D eigenvalue weighted by molar-refractivity contribution is 0.701. The molecular weight excluding hydrogens is 312 g/mol. The molecule has 1 N–H and O–H groups in total. The van der Waals surface area contributed by atoms with Gasteiger partial charge in [0.15, 0.2) is 0 Å². The van der Waals surface area contributed by atoms with Crippen LogP contribution in [-0.2, 0) is 0 Å². The van der Waals surface area contributed by atoms with Gasteiger partial charge in [-0.1, -0.05) is 12.8 Å². The number of fused-ring (bicyclic) bond motifs is 1. The average molecular weight is 333 g/mol. The summed E-state index contributed by atoms with van der Waals surface area (Å²) in [5.74, 6) is 0.644. The summed E-state index contributed by atoms with van der Waals surface area (Å²) in [6, 6.07) is 6.65. The normalized spacial score (nSPS) is 15.9. The van der Waals surface area contributed by atoms with Gasteiger partial charge in [0.2, 0.25) is 0 Å². The number of rotatable bonds is 3. The lowest BCUT2D eigenvalue weighted by atomic mass is 10.0. The first-order chi connectivity index (χ1) is 9.69. The highest BCUT2D eigenvalue weighted by molar-refractivity contribution is 9.10. The number of hydrogen-bond acceptors (Lipinski definition) is 2. The maximum atomic E-state index is 4.95. The molecule has 1 saturated carbocycles. The fraction of sp³-hybridized carbons (Fsp3) is 0.471. The lowest BCUT2D eigenvalue weighted by Gasteiger charge is -2.15. The molecule has 0 bridgehead atoms. The van der Waals surface area contributed by atoms with E-state index in [0.29, 0.717) is 5.92 Å². The molecule has 1 aromatic carbocycles. The molecule has 106 valence electrons. The number of benzene rings is 1. The number of hydrogen-bond donors (Lipinski definition) is 1. The first-order valence-corrected chi connectivity index (χ1v) is 8.33. The van der Waals surface area contributed by atoms with Crippen molar-refractivity contribution in [1.29, 1.82) is 0 Å². The maximum Gasteiger partial charge on any atom is 0.0868 e. The Morgan fingerprint density at radius 1 is 1.25 bits per heavy atom. The molecule has 1 fully saturated rings. The van der Waals surface area contributed by atoms with E-state index in [1.165, 1.54) is 48.0 Å². The molecule has 20 heavy (non-hydrogen) atoms. The Balaban J connectivity index is 2.19. The summed E-state index contributed by atoms with van der Waals surface area (Å²) >= 11 is 3.69. The molecule has 0 spiro atoms. The molecule has 3 rings (SSSR count). The monoisotopic (exact) mass is 332 g/mol. The number of nitrogens with one attached hydrogen (secondary N) is 1. The van der Waals surface area contributed by atoms with Gasteiger partial charge in [0.05, 0.1) is 5.52 Å². The molecule has 1 aromatic heterocycles. The molecule has 2 nitrogen and oxygen atoms in total. The number of nitrogens with zero attached hydrogens (tertiary/aromatic N) is 1. The molecule has 2 aromatic rings. The van der Waals surface area contributed by atoms with Crippen molar-refractivity contribution in [2.75, 3.05) is 11.9 Å². The van der Waals surface area contributed by atoms with E-state index in [1.54, 1.807) is 0 Å². The van der Waals surface area contributed by atoms with Crippen molar-refractivity contribution in [1.82, 2.24) is 4.98 Å². The molecule has 1 aliphatic rings. The van der Waals surface area contributed by atoms with Crippen LogP contribution < -0.4 is 5.32 Å². The van der Waals surface area contributed by atoms with Gasteiger partial charge in [0.1, 0.15) is 0 Å². The van der Waals surface area contributed by atoms with Crippen molar-refractivity contribution in [3.8, 4) is 0 Å². The second-order valence-electron chi connectivity index (χ2n) is 5.75. The third kappa shape index (κ3) is 2.56. The van der Waals surface area contributed by atoms with E-state index in [2.05, 4.69) is 53.3 Å². The van der Waals surface area contributed by atoms with Gasteiger partial charge in [-0.25, -0.2) is 0 Å². The summed E-state index contributed by atoms with van der Waals surface area (Å²) in [4.78, 5) is 4.95. The smallest absolute Gasteiger partial charge is 0.0868 e. The predicted octanol–water partition coefficient (Wildman–Crippen LogP) is 5.40. The first-order valence-electron chi connectivity index (χ1n) is 7.53. The van der Waals surface area contributed by atoms with E-state index in [9.17, 15) is 0 Å². The third-order valence-electron chi connectivity index (χ3n) is 4.17. The van der Waals surface area contributed by atoms with Crippen LogP contribution in [0, 0.1) is 6.92 Å². The maximum absolute atomic E-state index is 4.95. The average Bonchev–Trinajstić information content (AvgIpc) is 2.93. The quantitative estimate of drug-likeness (QED) is 0.814. The minimum Gasteiger partial charge on any atom is -0.385 e. The van der Waals surface area contributed by atoms with Gasteiger partial charge in [0, 0.05) is 33.7 Å². The fourth-order valence-electron chi connectivity index (χ4n) is 3.21. The zero-order valence-corrected chi connectivity index (χ0v) is 13.8. The fourth-order valence-corrected chi connectivity index (χ4v) is 3.87. The summed E-state index contributed by atoms with van der Waals surface area (Å²) < 4.78 is 1.10. The van der Waals surface area contributed by atoms with Gasteiger partial charge in [-0.2, -0.15) is 0 Å². The van der Waals surface area contributed by atoms with Gasteiger partial charge in [-0.15, -0.1) is 0 Å². The van der Waals surface area contributed by atoms with Crippen LogP contribution in [0.5, 0.6) is 0 Å². The Kier molecular flexibility index (Phi) is 3.97. The zero-order chi connectivity index (χ0) is 14.1. The molecule has 0 radical (unpaired) electrons. The number of halogens is 1. The van der Waals surface area contributed by atoms with Crippen LogP contribution in [0.4, 0.5) is 5.69 Å². The summed E-state index contributed by atoms with van der Waals surface area (Å²) in [7, 11) is 0. The van der Waals surface area contributed by atoms with Crippen LogP contribution in [0.25, 0.3) is 10.9 Å². The first kappa shape index (κ1) is 13.9. The van der Waals surface area contributed by atoms with E-state index in [-0.39, 0.29) is 0 Å². The van der Waals surface area contributed by atoms with Crippen LogP contribution in [0.1, 0.15) is 49.8 Å². The Morgan fingerprint density at radius 3 is 2.70 bits per heavy atom. The molecule has 0 unspecified atom stereocenters. The van der Waals surface area contributed by atoms with Crippen molar-refractivity contribution in [3.63, 3.8) is 0 Å². The van der Waals surface area contributed by atoms with Crippen LogP contribution in [0.3, 0.4) is 0 Å². The molecule has 0 atom stereocenters. The third-order valence-corrected chi connectivity index (χ3v) is 4.78. The number of aryl methyl sites for hydroxylation is 1.